The number of rotatable bonds is 4. The van der Waals surface area contributed by atoms with Gasteiger partial charge in [-0.2, -0.15) is 5.10 Å². The molecule has 2 heterocycles. The molecule has 1 aliphatic rings. The van der Waals surface area contributed by atoms with Gasteiger partial charge in [0.2, 0.25) is 5.82 Å². The van der Waals surface area contributed by atoms with Crippen LogP contribution in [0.15, 0.2) is 0 Å². The number of Topliss-reactive ketones (excluding diaryl/α,β-unsaturated/α-hetero) is 1. The summed E-state index contributed by atoms with van der Waals surface area (Å²) in [5.41, 5.74) is 0.557. The van der Waals surface area contributed by atoms with E-state index in [1.54, 1.807) is 11.9 Å². The van der Waals surface area contributed by atoms with Gasteiger partial charge < -0.3 is 4.90 Å². The second-order valence-electron chi connectivity index (χ2n) is 4.81. The van der Waals surface area contributed by atoms with Gasteiger partial charge in [-0.1, -0.05) is 13.3 Å². The summed E-state index contributed by atoms with van der Waals surface area (Å²) in [6.45, 7) is 2.87. The second kappa shape index (κ2) is 5.38. The third-order valence-electron chi connectivity index (χ3n) is 3.28. The Morgan fingerprint density at radius 3 is 2.79 bits per heavy atom. The molecular formula is C12H18N4O3. The lowest BCUT2D eigenvalue weighted by Crippen LogP contribution is -2.37. The SMILES string of the molecule is CCCc1nn(C)c(N2CCCC(=O)C2)c1[N+](=O)[O-]. The Labute approximate surface area is 111 Å². The quantitative estimate of drug-likeness (QED) is 0.608. The molecule has 0 aromatic carbocycles. The summed E-state index contributed by atoms with van der Waals surface area (Å²) in [4.78, 5) is 24.2. The van der Waals surface area contributed by atoms with Gasteiger partial charge in [-0.15, -0.1) is 0 Å². The first-order valence-electron chi connectivity index (χ1n) is 6.51. The molecule has 0 spiro atoms. The largest absolute Gasteiger partial charge is 0.344 e. The smallest absolute Gasteiger partial charge is 0.334 e. The van der Waals surface area contributed by atoms with E-state index in [9.17, 15) is 14.9 Å². The summed E-state index contributed by atoms with van der Waals surface area (Å²) in [5, 5.41) is 15.5. The van der Waals surface area contributed by atoms with Crippen molar-refractivity contribution in [1.82, 2.24) is 9.78 Å². The molecular weight excluding hydrogens is 248 g/mol. The van der Waals surface area contributed by atoms with Crippen LogP contribution in [-0.4, -0.2) is 33.6 Å². The van der Waals surface area contributed by atoms with Crippen LogP contribution in [0, 0.1) is 10.1 Å². The number of aromatic nitrogens is 2. The van der Waals surface area contributed by atoms with Gasteiger partial charge in [0.05, 0.1) is 11.5 Å². The third kappa shape index (κ3) is 2.59. The fourth-order valence-corrected chi connectivity index (χ4v) is 2.52. The monoisotopic (exact) mass is 266 g/mol. The van der Waals surface area contributed by atoms with E-state index >= 15 is 0 Å². The molecule has 1 aromatic rings. The van der Waals surface area contributed by atoms with Crippen molar-refractivity contribution in [3.63, 3.8) is 0 Å². The fourth-order valence-electron chi connectivity index (χ4n) is 2.52. The number of aryl methyl sites for hydroxylation is 2. The number of ketones is 1. The lowest BCUT2D eigenvalue weighted by molar-refractivity contribution is -0.384. The minimum atomic E-state index is -0.383. The van der Waals surface area contributed by atoms with Crippen molar-refractivity contribution in [2.75, 3.05) is 18.0 Å². The first kappa shape index (κ1) is 13.5. The Morgan fingerprint density at radius 1 is 1.47 bits per heavy atom. The summed E-state index contributed by atoms with van der Waals surface area (Å²) < 4.78 is 1.53. The normalized spacial score (nSPS) is 15.9. The first-order valence-corrected chi connectivity index (χ1v) is 6.51. The van der Waals surface area contributed by atoms with E-state index in [1.807, 2.05) is 6.92 Å². The maximum absolute atomic E-state index is 11.5. The van der Waals surface area contributed by atoms with Crippen LogP contribution in [0.1, 0.15) is 31.9 Å². The van der Waals surface area contributed by atoms with Gasteiger partial charge in [-0.05, 0) is 12.8 Å². The molecule has 1 saturated heterocycles. The van der Waals surface area contributed by atoms with E-state index in [1.165, 1.54) is 4.68 Å². The average molecular weight is 266 g/mol. The van der Waals surface area contributed by atoms with Crippen LogP contribution in [0.2, 0.25) is 0 Å². The summed E-state index contributed by atoms with van der Waals surface area (Å²) in [6, 6.07) is 0. The summed E-state index contributed by atoms with van der Waals surface area (Å²) in [6.07, 6.45) is 2.68. The number of anilines is 1. The predicted octanol–water partition coefficient (Wildman–Crippen LogP) is 1.45. The Bertz CT molecular complexity index is 509. The van der Waals surface area contributed by atoms with E-state index in [4.69, 9.17) is 0 Å². The molecule has 0 aliphatic carbocycles. The number of hydrogen-bond donors (Lipinski definition) is 0. The minimum Gasteiger partial charge on any atom is -0.344 e. The Kier molecular flexibility index (Phi) is 3.82. The zero-order chi connectivity index (χ0) is 14.0. The number of nitro groups is 1. The highest BCUT2D eigenvalue weighted by atomic mass is 16.6. The van der Waals surface area contributed by atoms with E-state index in [-0.39, 0.29) is 22.9 Å². The van der Waals surface area contributed by atoms with Gasteiger partial charge in [-0.3, -0.25) is 14.9 Å². The van der Waals surface area contributed by atoms with Gasteiger partial charge in [0.1, 0.15) is 5.69 Å². The lowest BCUT2D eigenvalue weighted by atomic mass is 10.1. The summed E-state index contributed by atoms with van der Waals surface area (Å²) in [7, 11) is 1.70. The van der Waals surface area contributed by atoms with Crippen LogP contribution in [0.4, 0.5) is 11.5 Å². The van der Waals surface area contributed by atoms with Crippen LogP contribution in [0.3, 0.4) is 0 Å². The van der Waals surface area contributed by atoms with E-state index in [0.717, 1.165) is 12.8 Å². The van der Waals surface area contributed by atoms with Crippen LogP contribution < -0.4 is 4.90 Å². The van der Waals surface area contributed by atoms with Gasteiger partial charge in [-0.25, -0.2) is 4.68 Å². The van der Waals surface area contributed by atoms with Gasteiger partial charge in [0.25, 0.3) is 0 Å². The number of carbonyl (C=O) groups excluding carboxylic acids is 1. The highest BCUT2D eigenvalue weighted by Crippen LogP contribution is 2.33. The molecule has 0 saturated carbocycles. The van der Waals surface area contributed by atoms with Crippen molar-refractivity contribution in [3.8, 4) is 0 Å². The summed E-state index contributed by atoms with van der Waals surface area (Å²) in [5.74, 6) is 0.584. The van der Waals surface area contributed by atoms with Crippen molar-refractivity contribution in [1.29, 1.82) is 0 Å². The van der Waals surface area contributed by atoms with Crippen molar-refractivity contribution >= 4 is 17.3 Å². The van der Waals surface area contributed by atoms with Crippen LogP contribution in [0.5, 0.6) is 0 Å². The maximum Gasteiger partial charge on any atom is 0.334 e. The minimum absolute atomic E-state index is 0.0547. The summed E-state index contributed by atoms with van der Waals surface area (Å²) >= 11 is 0. The number of piperidine rings is 1. The zero-order valence-electron chi connectivity index (χ0n) is 11.3. The van der Waals surface area contributed by atoms with Crippen molar-refractivity contribution in [2.45, 2.75) is 32.6 Å². The fraction of sp³-hybridized carbons (Fsp3) is 0.667. The molecule has 0 radical (unpaired) electrons. The second-order valence-corrected chi connectivity index (χ2v) is 4.81. The lowest BCUT2D eigenvalue weighted by Gasteiger charge is -2.26. The van der Waals surface area contributed by atoms with Crippen molar-refractivity contribution < 1.29 is 9.72 Å². The molecule has 0 unspecified atom stereocenters. The highest BCUT2D eigenvalue weighted by Gasteiger charge is 2.31. The van der Waals surface area contributed by atoms with Gasteiger partial charge >= 0.3 is 5.69 Å². The first-order chi connectivity index (χ1) is 9.04. The molecule has 0 bridgehead atoms. The van der Waals surface area contributed by atoms with Gasteiger partial charge in [0, 0.05) is 20.0 Å². The molecule has 1 fully saturated rings. The molecule has 7 nitrogen and oxygen atoms in total. The van der Waals surface area contributed by atoms with Crippen LogP contribution >= 0.6 is 0 Å². The van der Waals surface area contributed by atoms with Crippen molar-refractivity contribution in [2.24, 2.45) is 7.05 Å². The van der Waals surface area contributed by atoms with Crippen LogP contribution in [-0.2, 0) is 18.3 Å². The molecule has 19 heavy (non-hydrogen) atoms. The Balaban J connectivity index is 2.43. The zero-order valence-corrected chi connectivity index (χ0v) is 11.3. The highest BCUT2D eigenvalue weighted by molar-refractivity contribution is 5.85. The Hall–Kier alpha value is -1.92. The molecule has 104 valence electrons. The molecule has 2 rings (SSSR count). The molecule has 1 aliphatic heterocycles. The molecule has 0 atom stereocenters. The molecule has 0 N–H and O–H groups in total. The third-order valence-corrected chi connectivity index (χ3v) is 3.28. The van der Waals surface area contributed by atoms with E-state index < -0.39 is 0 Å². The van der Waals surface area contributed by atoms with Crippen molar-refractivity contribution in [3.05, 3.63) is 15.8 Å². The topological polar surface area (TPSA) is 81.3 Å². The number of carbonyl (C=O) groups is 1. The van der Waals surface area contributed by atoms with E-state index in [0.29, 0.717) is 30.9 Å². The van der Waals surface area contributed by atoms with Gasteiger partial charge in [0.15, 0.2) is 5.78 Å². The molecule has 7 heteroatoms. The van der Waals surface area contributed by atoms with Crippen LogP contribution in [0.25, 0.3) is 0 Å². The van der Waals surface area contributed by atoms with E-state index in [2.05, 4.69) is 5.10 Å². The predicted molar refractivity (Wildman–Crippen MR) is 70.3 cm³/mol. The Morgan fingerprint density at radius 2 is 2.21 bits per heavy atom. The number of hydrogen-bond acceptors (Lipinski definition) is 5. The standard InChI is InChI=1S/C12H18N4O3/c1-3-5-10-11(16(18)19)12(14(2)13-10)15-7-4-6-9(17)8-15/h3-8H2,1-2H3. The molecule has 1 aromatic heterocycles. The average Bonchev–Trinajstić information content (AvgIpc) is 2.66. The number of nitrogens with zero attached hydrogens (tertiary/aromatic N) is 4. The maximum atomic E-state index is 11.5. The molecule has 0 amide bonds.